The summed E-state index contributed by atoms with van der Waals surface area (Å²) in [6.07, 6.45) is 1.05. The maximum Gasteiger partial charge on any atom is 0.352 e. The molecule has 0 radical (unpaired) electrons. The monoisotopic (exact) mass is 410 g/mol. The van der Waals surface area contributed by atoms with Crippen molar-refractivity contribution in [2.45, 2.75) is 33.4 Å². The van der Waals surface area contributed by atoms with Gasteiger partial charge in [0.2, 0.25) is 5.91 Å². The van der Waals surface area contributed by atoms with Crippen LogP contribution in [0.3, 0.4) is 0 Å². The van der Waals surface area contributed by atoms with Gasteiger partial charge in [0, 0.05) is 16.9 Å². The zero-order valence-corrected chi connectivity index (χ0v) is 17.3. The average molecular weight is 410 g/mol. The molecule has 0 saturated heterocycles. The van der Waals surface area contributed by atoms with Gasteiger partial charge in [-0.15, -0.1) is 0 Å². The number of rotatable bonds is 8. The SMILES string of the molecule is CCN(CC)C(CC(N)=O)n1c(C=C2C(=O)Nc3ccccc32)cc(C)c1C(=O)O. The van der Waals surface area contributed by atoms with Gasteiger partial charge in [-0.05, 0) is 43.8 Å². The van der Waals surface area contributed by atoms with Crippen molar-refractivity contribution in [1.82, 2.24) is 9.47 Å². The van der Waals surface area contributed by atoms with Crippen LogP contribution in [0.1, 0.15) is 53.7 Å². The lowest BCUT2D eigenvalue weighted by molar-refractivity contribution is -0.120. The summed E-state index contributed by atoms with van der Waals surface area (Å²) in [5, 5.41) is 12.7. The lowest BCUT2D eigenvalue weighted by Crippen LogP contribution is -2.37. The van der Waals surface area contributed by atoms with E-state index in [9.17, 15) is 19.5 Å². The van der Waals surface area contributed by atoms with Gasteiger partial charge in [0.1, 0.15) is 5.69 Å². The molecule has 1 unspecified atom stereocenters. The largest absolute Gasteiger partial charge is 0.477 e. The number of hydrogen-bond acceptors (Lipinski definition) is 4. The van der Waals surface area contributed by atoms with Crippen molar-refractivity contribution in [3.05, 3.63) is 52.8 Å². The van der Waals surface area contributed by atoms with Crippen molar-refractivity contribution in [3.8, 4) is 0 Å². The van der Waals surface area contributed by atoms with Gasteiger partial charge in [-0.3, -0.25) is 14.5 Å². The molecule has 30 heavy (non-hydrogen) atoms. The van der Waals surface area contributed by atoms with E-state index in [1.54, 1.807) is 23.6 Å². The van der Waals surface area contributed by atoms with Gasteiger partial charge in [-0.25, -0.2) is 4.79 Å². The van der Waals surface area contributed by atoms with E-state index in [4.69, 9.17) is 5.73 Å². The summed E-state index contributed by atoms with van der Waals surface area (Å²) in [6, 6.07) is 9.05. The topological polar surface area (TPSA) is 118 Å². The van der Waals surface area contributed by atoms with Gasteiger partial charge in [-0.2, -0.15) is 0 Å². The first-order valence-corrected chi connectivity index (χ1v) is 9.88. The highest BCUT2D eigenvalue weighted by Gasteiger charge is 2.30. The third kappa shape index (κ3) is 3.86. The minimum atomic E-state index is -1.10. The van der Waals surface area contributed by atoms with Gasteiger partial charge < -0.3 is 20.7 Å². The number of nitrogens with two attached hydrogens (primary N) is 1. The number of aromatic nitrogens is 1. The van der Waals surface area contributed by atoms with Crippen molar-refractivity contribution < 1.29 is 19.5 Å². The molecule has 1 aromatic carbocycles. The molecule has 1 atom stereocenters. The predicted octanol–water partition coefficient (Wildman–Crippen LogP) is 2.70. The second-order valence-electron chi connectivity index (χ2n) is 7.21. The van der Waals surface area contributed by atoms with E-state index in [1.807, 2.05) is 43.0 Å². The van der Waals surface area contributed by atoms with Crippen molar-refractivity contribution in [1.29, 1.82) is 0 Å². The minimum absolute atomic E-state index is 0.0466. The Morgan fingerprint density at radius 2 is 1.93 bits per heavy atom. The number of aryl methyl sites for hydroxylation is 1. The molecule has 2 heterocycles. The first-order valence-electron chi connectivity index (χ1n) is 9.88. The number of anilines is 1. The summed E-state index contributed by atoms with van der Waals surface area (Å²) < 4.78 is 1.61. The Kier molecular flexibility index (Phi) is 6.07. The normalized spacial score (nSPS) is 15.3. The summed E-state index contributed by atoms with van der Waals surface area (Å²) in [6.45, 7) is 6.78. The number of nitrogens with one attached hydrogen (secondary N) is 1. The third-order valence-corrected chi connectivity index (χ3v) is 5.38. The molecule has 1 aromatic heterocycles. The smallest absolute Gasteiger partial charge is 0.352 e. The third-order valence-electron chi connectivity index (χ3n) is 5.38. The van der Waals surface area contributed by atoms with Gasteiger partial charge in [-0.1, -0.05) is 32.0 Å². The van der Waals surface area contributed by atoms with E-state index in [0.29, 0.717) is 35.6 Å². The highest BCUT2D eigenvalue weighted by atomic mass is 16.4. The number of fused-ring (bicyclic) bond motifs is 1. The number of carboxylic acid groups (broad SMARTS) is 1. The number of amides is 2. The van der Waals surface area contributed by atoms with E-state index >= 15 is 0 Å². The number of primary amides is 1. The lowest BCUT2D eigenvalue weighted by Gasteiger charge is -2.32. The van der Waals surface area contributed by atoms with Crippen LogP contribution in [0, 0.1) is 6.92 Å². The Morgan fingerprint density at radius 3 is 2.53 bits per heavy atom. The van der Waals surface area contributed by atoms with E-state index in [-0.39, 0.29) is 18.0 Å². The molecule has 8 nitrogen and oxygen atoms in total. The van der Waals surface area contributed by atoms with E-state index in [2.05, 4.69) is 5.32 Å². The van der Waals surface area contributed by atoms with Crippen LogP contribution >= 0.6 is 0 Å². The fourth-order valence-corrected chi connectivity index (χ4v) is 4.02. The molecule has 0 aliphatic carbocycles. The Bertz CT molecular complexity index is 1030. The second kappa shape index (κ2) is 8.54. The van der Waals surface area contributed by atoms with Crippen LogP contribution in [0.4, 0.5) is 5.69 Å². The van der Waals surface area contributed by atoms with Crippen LogP contribution < -0.4 is 11.1 Å². The number of aromatic carboxylic acids is 1. The van der Waals surface area contributed by atoms with E-state index in [0.717, 1.165) is 5.56 Å². The summed E-state index contributed by atoms with van der Waals surface area (Å²) in [5.41, 5.74) is 8.56. The molecule has 8 heteroatoms. The Morgan fingerprint density at radius 1 is 1.27 bits per heavy atom. The standard InChI is InChI=1S/C22H26N4O4/c1-4-25(5-2)19(12-18(23)27)26-14(10-13(3)20(26)22(29)30)11-16-15-8-6-7-9-17(15)24-21(16)28/h6-11,19H,4-5,12H2,1-3H3,(H2,23,27)(H,24,28)(H,29,30). The molecule has 2 aromatic rings. The number of benzene rings is 1. The van der Waals surface area contributed by atoms with Crippen LogP contribution in [0.5, 0.6) is 0 Å². The fraction of sp³-hybridized carbons (Fsp3) is 0.318. The molecular weight excluding hydrogens is 384 g/mol. The van der Waals surface area contributed by atoms with Crippen molar-refractivity contribution >= 4 is 35.1 Å². The molecule has 3 rings (SSSR count). The Hall–Kier alpha value is -3.39. The highest BCUT2D eigenvalue weighted by Crippen LogP contribution is 2.35. The van der Waals surface area contributed by atoms with E-state index in [1.165, 1.54) is 0 Å². The second-order valence-corrected chi connectivity index (χ2v) is 7.21. The average Bonchev–Trinajstić information content (AvgIpc) is 3.18. The predicted molar refractivity (Wildman–Crippen MR) is 115 cm³/mol. The first-order chi connectivity index (χ1) is 14.3. The lowest BCUT2D eigenvalue weighted by atomic mass is 10.1. The number of carboxylic acids is 1. The van der Waals surface area contributed by atoms with Crippen LogP contribution in [0.25, 0.3) is 11.6 Å². The number of carbonyl (C=O) groups is 3. The molecule has 0 fully saturated rings. The highest BCUT2D eigenvalue weighted by molar-refractivity contribution is 6.34. The maximum absolute atomic E-state index is 12.6. The molecule has 4 N–H and O–H groups in total. The van der Waals surface area contributed by atoms with Crippen LogP contribution in [0.2, 0.25) is 0 Å². The Balaban J connectivity index is 2.24. The van der Waals surface area contributed by atoms with E-state index < -0.39 is 18.0 Å². The van der Waals surface area contributed by atoms with Gasteiger partial charge >= 0.3 is 5.97 Å². The Labute approximate surface area is 175 Å². The quantitative estimate of drug-likeness (QED) is 0.579. The van der Waals surface area contributed by atoms with Gasteiger partial charge in [0.05, 0.1) is 18.2 Å². The molecule has 0 bridgehead atoms. The zero-order valence-electron chi connectivity index (χ0n) is 17.3. The molecule has 0 spiro atoms. The van der Waals surface area contributed by atoms with Crippen LogP contribution in [-0.2, 0) is 9.59 Å². The van der Waals surface area contributed by atoms with Crippen molar-refractivity contribution in [3.63, 3.8) is 0 Å². The molecule has 2 amide bonds. The zero-order chi connectivity index (χ0) is 22.0. The minimum Gasteiger partial charge on any atom is -0.477 e. The fourth-order valence-electron chi connectivity index (χ4n) is 4.02. The first kappa shape index (κ1) is 21.3. The molecule has 158 valence electrons. The van der Waals surface area contributed by atoms with Gasteiger partial charge in [0.25, 0.3) is 5.91 Å². The molecule has 0 saturated carbocycles. The summed E-state index contributed by atoms with van der Waals surface area (Å²) in [5.74, 6) is -1.89. The summed E-state index contributed by atoms with van der Waals surface area (Å²) >= 11 is 0. The van der Waals surface area contributed by atoms with Crippen LogP contribution in [0.15, 0.2) is 30.3 Å². The number of hydrogen-bond donors (Lipinski definition) is 3. The van der Waals surface area contributed by atoms with Crippen molar-refractivity contribution in [2.24, 2.45) is 5.73 Å². The molecule has 1 aliphatic heterocycles. The molecular formula is C22H26N4O4. The molecule has 1 aliphatic rings. The van der Waals surface area contributed by atoms with Crippen molar-refractivity contribution in [2.75, 3.05) is 18.4 Å². The summed E-state index contributed by atoms with van der Waals surface area (Å²) in [4.78, 5) is 38.5. The number of nitrogens with zero attached hydrogens (tertiary/aromatic N) is 2. The maximum atomic E-state index is 12.6. The van der Waals surface area contributed by atoms with Crippen LogP contribution in [-0.4, -0.2) is 45.4 Å². The van der Waals surface area contributed by atoms with Gasteiger partial charge in [0.15, 0.2) is 0 Å². The summed E-state index contributed by atoms with van der Waals surface area (Å²) in [7, 11) is 0. The number of para-hydroxylation sites is 1. The number of carbonyl (C=O) groups excluding carboxylic acids is 2.